The monoisotopic (exact) mass is 283 g/mol. The van der Waals surface area contributed by atoms with Gasteiger partial charge in [-0.25, -0.2) is 4.79 Å². The average molecular weight is 283 g/mol. The summed E-state index contributed by atoms with van der Waals surface area (Å²) in [5.74, 6) is 0.880. The molecular weight excluding hydrogens is 270 g/mol. The molecule has 0 saturated carbocycles. The largest absolute Gasteiger partial charge is 0.454 e. The topological polar surface area (TPSA) is 57.1 Å². The molecule has 5 nitrogen and oxygen atoms in total. The number of carbonyl (C=O) groups excluding carboxylic acids is 1. The van der Waals surface area contributed by atoms with Crippen LogP contribution in [0.4, 0.5) is 0 Å². The number of hydrogen-bond acceptors (Lipinski definition) is 5. The number of hydrogen-bond donors (Lipinski definition) is 0. The van der Waals surface area contributed by atoms with Crippen molar-refractivity contribution in [2.75, 3.05) is 6.79 Å². The van der Waals surface area contributed by atoms with E-state index in [1.165, 1.54) is 13.1 Å². The van der Waals surface area contributed by atoms with Crippen LogP contribution in [0, 0.1) is 0 Å². The van der Waals surface area contributed by atoms with Crippen LogP contribution in [-0.2, 0) is 9.63 Å². The molecule has 0 aliphatic carbocycles. The van der Waals surface area contributed by atoms with Crippen molar-refractivity contribution in [3.8, 4) is 22.6 Å². The zero-order valence-electron chi connectivity index (χ0n) is 11.4. The van der Waals surface area contributed by atoms with Gasteiger partial charge in [0, 0.05) is 12.5 Å². The summed E-state index contributed by atoms with van der Waals surface area (Å²) in [6.07, 6.45) is 1.49. The Kier molecular flexibility index (Phi) is 3.55. The van der Waals surface area contributed by atoms with E-state index in [1.54, 1.807) is 0 Å². The maximum atomic E-state index is 10.8. The summed E-state index contributed by atoms with van der Waals surface area (Å²) in [6, 6.07) is 13.5. The Hall–Kier alpha value is -2.82. The van der Waals surface area contributed by atoms with Gasteiger partial charge >= 0.3 is 5.97 Å². The molecule has 21 heavy (non-hydrogen) atoms. The first kappa shape index (κ1) is 13.2. The van der Waals surface area contributed by atoms with Gasteiger partial charge in [0.2, 0.25) is 6.79 Å². The highest BCUT2D eigenvalue weighted by Crippen LogP contribution is 2.38. The Labute approximate surface area is 121 Å². The van der Waals surface area contributed by atoms with Crippen LogP contribution in [0.2, 0.25) is 0 Å². The molecule has 3 rings (SSSR count). The van der Waals surface area contributed by atoms with Crippen LogP contribution in [-0.4, -0.2) is 19.0 Å². The average Bonchev–Trinajstić information content (AvgIpc) is 2.94. The van der Waals surface area contributed by atoms with Crippen LogP contribution >= 0.6 is 0 Å². The first-order valence-corrected chi connectivity index (χ1v) is 6.44. The molecule has 106 valence electrons. The Morgan fingerprint density at radius 3 is 2.62 bits per heavy atom. The molecule has 0 fully saturated rings. The summed E-state index contributed by atoms with van der Waals surface area (Å²) in [7, 11) is 0. The van der Waals surface area contributed by atoms with E-state index < -0.39 is 5.97 Å². The van der Waals surface area contributed by atoms with E-state index in [9.17, 15) is 4.79 Å². The van der Waals surface area contributed by atoms with Gasteiger partial charge in [-0.05, 0) is 23.3 Å². The quantitative estimate of drug-likeness (QED) is 0.493. The molecule has 0 spiro atoms. The van der Waals surface area contributed by atoms with Crippen LogP contribution in [0.25, 0.3) is 11.1 Å². The number of carbonyl (C=O) groups is 1. The molecule has 0 bridgehead atoms. The molecule has 0 N–H and O–H groups in total. The fraction of sp³-hybridized carbons (Fsp3) is 0.125. The third-order valence-corrected chi connectivity index (χ3v) is 3.00. The van der Waals surface area contributed by atoms with Gasteiger partial charge < -0.3 is 14.3 Å². The molecule has 1 aliphatic heterocycles. The molecule has 1 aliphatic rings. The molecule has 0 aromatic heterocycles. The third-order valence-electron chi connectivity index (χ3n) is 3.00. The molecule has 0 atom stereocenters. The molecule has 0 radical (unpaired) electrons. The van der Waals surface area contributed by atoms with E-state index in [0.717, 1.165) is 16.7 Å². The molecule has 2 aromatic carbocycles. The Balaban J connectivity index is 2.04. The maximum absolute atomic E-state index is 10.8. The fourth-order valence-corrected chi connectivity index (χ4v) is 2.09. The predicted octanol–water partition coefficient (Wildman–Crippen LogP) is 2.98. The van der Waals surface area contributed by atoms with Crippen LogP contribution in [0.1, 0.15) is 12.5 Å². The first-order chi connectivity index (χ1) is 10.2. The van der Waals surface area contributed by atoms with Gasteiger partial charge in [0.1, 0.15) is 0 Å². The standard InChI is InChI=1S/C16H13NO4/c1-11(18)21-17-9-13-7-15-16(20-10-19-15)8-14(13)12-5-3-2-4-6-12/h2-9H,10H2,1H3/b17-9+. The highest BCUT2D eigenvalue weighted by Gasteiger charge is 2.17. The SMILES string of the molecule is CC(=O)O/N=C/c1cc2c(cc1-c1ccccc1)OCO2. The smallest absolute Gasteiger partial charge is 0.331 e. The Morgan fingerprint density at radius 1 is 1.19 bits per heavy atom. The van der Waals surface area contributed by atoms with E-state index in [1.807, 2.05) is 42.5 Å². The van der Waals surface area contributed by atoms with Gasteiger partial charge in [0.15, 0.2) is 11.5 Å². The molecule has 5 heteroatoms. The summed E-state index contributed by atoms with van der Waals surface area (Å²) in [4.78, 5) is 15.4. The van der Waals surface area contributed by atoms with Crippen molar-refractivity contribution in [1.82, 2.24) is 0 Å². The van der Waals surface area contributed by atoms with Gasteiger partial charge in [-0.15, -0.1) is 0 Å². The molecule has 0 amide bonds. The van der Waals surface area contributed by atoms with Crippen molar-refractivity contribution in [3.05, 3.63) is 48.0 Å². The number of nitrogens with zero attached hydrogens (tertiary/aromatic N) is 1. The number of oxime groups is 1. The normalized spacial score (nSPS) is 12.6. The molecule has 2 aromatic rings. The Morgan fingerprint density at radius 2 is 1.90 bits per heavy atom. The molecule has 0 saturated heterocycles. The number of fused-ring (bicyclic) bond motifs is 1. The summed E-state index contributed by atoms with van der Waals surface area (Å²) in [5, 5.41) is 3.68. The van der Waals surface area contributed by atoms with Gasteiger partial charge in [-0.3, -0.25) is 0 Å². The predicted molar refractivity (Wildman–Crippen MR) is 77.4 cm³/mol. The summed E-state index contributed by atoms with van der Waals surface area (Å²) in [6.45, 7) is 1.50. The molecule has 1 heterocycles. The van der Waals surface area contributed by atoms with Gasteiger partial charge in [-0.2, -0.15) is 0 Å². The minimum Gasteiger partial charge on any atom is -0.454 e. The van der Waals surface area contributed by atoms with Crippen LogP contribution < -0.4 is 9.47 Å². The zero-order chi connectivity index (χ0) is 14.7. The third kappa shape index (κ3) is 2.86. The van der Waals surface area contributed by atoms with E-state index in [-0.39, 0.29) is 6.79 Å². The van der Waals surface area contributed by atoms with Gasteiger partial charge in [0.05, 0.1) is 6.21 Å². The van der Waals surface area contributed by atoms with Crippen molar-refractivity contribution in [2.45, 2.75) is 6.92 Å². The lowest BCUT2D eigenvalue weighted by atomic mass is 9.99. The van der Waals surface area contributed by atoms with Crippen LogP contribution in [0.5, 0.6) is 11.5 Å². The highest BCUT2D eigenvalue weighted by molar-refractivity contribution is 5.92. The van der Waals surface area contributed by atoms with Crippen LogP contribution in [0.3, 0.4) is 0 Å². The number of benzene rings is 2. The number of rotatable bonds is 3. The van der Waals surface area contributed by atoms with Crippen LogP contribution in [0.15, 0.2) is 47.6 Å². The minimum atomic E-state index is -0.465. The summed E-state index contributed by atoms with van der Waals surface area (Å²) >= 11 is 0. The van der Waals surface area contributed by atoms with Crippen molar-refractivity contribution >= 4 is 12.2 Å². The fourth-order valence-electron chi connectivity index (χ4n) is 2.09. The second-order valence-electron chi connectivity index (χ2n) is 4.48. The van der Waals surface area contributed by atoms with Gasteiger partial charge in [0.25, 0.3) is 0 Å². The maximum Gasteiger partial charge on any atom is 0.331 e. The van der Waals surface area contributed by atoms with Crippen molar-refractivity contribution in [1.29, 1.82) is 0 Å². The lowest BCUT2D eigenvalue weighted by Crippen LogP contribution is -1.94. The first-order valence-electron chi connectivity index (χ1n) is 6.44. The second-order valence-corrected chi connectivity index (χ2v) is 4.48. The highest BCUT2D eigenvalue weighted by atomic mass is 16.7. The second kappa shape index (κ2) is 5.66. The lowest BCUT2D eigenvalue weighted by Gasteiger charge is -2.07. The van der Waals surface area contributed by atoms with E-state index >= 15 is 0 Å². The van der Waals surface area contributed by atoms with Crippen molar-refractivity contribution in [3.63, 3.8) is 0 Å². The van der Waals surface area contributed by atoms with Crippen molar-refractivity contribution in [2.24, 2.45) is 5.16 Å². The minimum absolute atomic E-state index is 0.202. The summed E-state index contributed by atoms with van der Waals surface area (Å²) < 4.78 is 10.8. The van der Waals surface area contributed by atoms with E-state index in [0.29, 0.717) is 11.5 Å². The lowest BCUT2D eigenvalue weighted by molar-refractivity contribution is -0.140. The van der Waals surface area contributed by atoms with Crippen molar-refractivity contribution < 1.29 is 19.1 Å². The molecule has 0 unspecified atom stereocenters. The molecular formula is C16H13NO4. The van der Waals surface area contributed by atoms with E-state index in [4.69, 9.17) is 9.47 Å². The summed E-state index contributed by atoms with van der Waals surface area (Å²) in [5.41, 5.74) is 2.72. The van der Waals surface area contributed by atoms with E-state index in [2.05, 4.69) is 9.99 Å². The number of ether oxygens (including phenoxy) is 2. The zero-order valence-corrected chi connectivity index (χ0v) is 11.4. The Bertz CT molecular complexity index is 695. The van der Waals surface area contributed by atoms with Gasteiger partial charge in [-0.1, -0.05) is 35.5 Å².